The van der Waals surface area contributed by atoms with Crippen molar-refractivity contribution >= 4 is 0 Å². The SMILES string of the molecule is CCCC(COC)N1CC(Cc2ccccc2)NCC1C. The van der Waals surface area contributed by atoms with Crippen LogP contribution in [-0.4, -0.2) is 49.8 Å². The Morgan fingerprint density at radius 3 is 2.76 bits per heavy atom. The molecule has 1 fully saturated rings. The molecule has 1 saturated heterocycles. The molecule has 2 rings (SSSR count). The van der Waals surface area contributed by atoms with E-state index in [0.29, 0.717) is 18.1 Å². The molecule has 0 aromatic heterocycles. The number of benzene rings is 1. The molecule has 0 aliphatic carbocycles. The molecule has 0 spiro atoms. The molecule has 0 saturated carbocycles. The van der Waals surface area contributed by atoms with E-state index in [-0.39, 0.29) is 0 Å². The second kappa shape index (κ2) is 8.52. The van der Waals surface area contributed by atoms with E-state index in [1.807, 2.05) is 7.11 Å². The highest BCUT2D eigenvalue weighted by Crippen LogP contribution is 2.17. The van der Waals surface area contributed by atoms with E-state index in [1.165, 1.54) is 18.4 Å². The Morgan fingerprint density at radius 1 is 1.33 bits per heavy atom. The number of hydrogen-bond acceptors (Lipinski definition) is 3. The summed E-state index contributed by atoms with van der Waals surface area (Å²) in [6, 6.07) is 12.5. The standard InChI is InChI=1S/C18H30N2O/c1-4-8-18(14-21-3)20-13-17(19-12-15(20)2)11-16-9-6-5-7-10-16/h5-7,9-10,15,17-19H,4,8,11-14H2,1-3H3. The molecule has 3 heteroatoms. The largest absolute Gasteiger partial charge is 0.383 e. The normalized spacial score (nSPS) is 24.9. The third-order valence-corrected chi connectivity index (χ3v) is 4.47. The maximum atomic E-state index is 5.45. The van der Waals surface area contributed by atoms with Gasteiger partial charge < -0.3 is 10.1 Å². The van der Waals surface area contributed by atoms with Gasteiger partial charge in [-0.3, -0.25) is 4.90 Å². The van der Waals surface area contributed by atoms with Crippen molar-refractivity contribution in [3.63, 3.8) is 0 Å². The molecule has 0 radical (unpaired) electrons. The number of piperazine rings is 1. The summed E-state index contributed by atoms with van der Waals surface area (Å²) < 4.78 is 5.45. The predicted octanol–water partition coefficient (Wildman–Crippen LogP) is 2.71. The summed E-state index contributed by atoms with van der Waals surface area (Å²) in [5.41, 5.74) is 1.42. The third-order valence-electron chi connectivity index (χ3n) is 4.47. The van der Waals surface area contributed by atoms with Crippen LogP contribution in [0.3, 0.4) is 0 Å². The van der Waals surface area contributed by atoms with Crippen molar-refractivity contribution in [3.8, 4) is 0 Å². The van der Waals surface area contributed by atoms with Crippen LogP contribution in [-0.2, 0) is 11.2 Å². The maximum absolute atomic E-state index is 5.45. The zero-order valence-electron chi connectivity index (χ0n) is 13.7. The third kappa shape index (κ3) is 4.80. The van der Waals surface area contributed by atoms with E-state index in [9.17, 15) is 0 Å². The van der Waals surface area contributed by atoms with Crippen LogP contribution in [0.25, 0.3) is 0 Å². The van der Waals surface area contributed by atoms with Crippen molar-refractivity contribution in [2.45, 2.75) is 51.2 Å². The fourth-order valence-electron chi connectivity index (χ4n) is 3.37. The molecule has 1 aliphatic rings. The number of hydrogen-bond donors (Lipinski definition) is 1. The highest BCUT2D eigenvalue weighted by molar-refractivity contribution is 5.16. The molecule has 21 heavy (non-hydrogen) atoms. The van der Waals surface area contributed by atoms with Crippen molar-refractivity contribution in [1.29, 1.82) is 0 Å². The van der Waals surface area contributed by atoms with Crippen molar-refractivity contribution < 1.29 is 4.74 Å². The highest BCUT2D eigenvalue weighted by atomic mass is 16.5. The Morgan fingerprint density at radius 2 is 2.10 bits per heavy atom. The van der Waals surface area contributed by atoms with Crippen LogP contribution >= 0.6 is 0 Å². The van der Waals surface area contributed by atoms with Gasteiger partial charge in [0.1, 0.15) is 0 Å². The van der Waals surface area contributed by atoms with Gasteiger partial charge in [0.05, 0.1) is 6.61 Å². The van der Waals surface area contributed by atoms with Gasteiger partial charge >= 0.3 is 0 Å². The first-order valence-electron chi connectivity index (χ1n) is 8.26. The average molecular weight is 290 g/mol. The van der Waals surface area contributed by atoms with Crippen LogP contribution in [0.5, 0.6) is 0 Å². The van der Waals surface area contributed by atoms with Crippen molar-refractivity contribution in [2.24, 2.45) is 0 Å². The highest BCUT2D eigenvalue weighted by Gasteiger charge is 2.29. The summed E-state index contributed by atoms with van der Waals surface area (Å²) in [6.07, 6.45) is 3.54. The molecule has 0 amide bonds. The number of nitrogens with one attached hydrogen (secondary N) is 1. The van der Waals surface area contributed by atoms with Crippen molar-refractivity contribution in [1.82, 2.24) is 10.2 Å². The first-order chi connectivity index (χ1) is 10.2. The molecule has 1 heterocycles. The summed E-state index contributed by atoms with van der Waals surface area (Å²) in [5.74, 6) is 0. The van der Waals surface area contributed by atoms with Gasteiger partial charge in [0.15, 0.2) is 0 Å². The Balaban J connectivity index is 1.97. The minimum Gasteiger partial charge on any atom is -0.383 e. The van der Waals surface area contributed by atoms with E-state index >= 15 is 0 Å². The lowest BCUT2D eigenvalue weighted by Gasteiger charge is -2.43. The molecular weight excluding hydrogens is 260 g/mol. The van der Waals surface area contributed by atoms with E-state index in [4.69, 9.17) is 4.74 Å². The Kier molecular flexibility index (Phi) is 6.68. The van der Waals surface area contributed by atoms with Crippen LogP contribution in [0, 0.1) is 0 Å². The average Bonchev–Trinajstić information content (AvgIpc) is 2.50. The minimum absolute atomic E-state index is 0.541. The quantitative estimate of drug-likeness (QED) is 0.835. The van der Waals surface area contributed by atoms with Crippen molar-refractivity contribution in [2.75, 3.05) is 26.8 Å². The van der Waals surface area contributed by atoms with E-state index in [2.05, 4.69) is 54.4 Å². The second-order valence-corrected chi connectivity index (χ2v) is 6.24. The molecule has 1 aromatic rings. The van der Waals surface area contributed by atoms with Gasteiger partial charge in [-0.25, -0.2) is 0 Å². The first kappa shape index (κ1) is 16.5. The summed E-state index contributed by atoms with van der Waals surface area (Å²) in [7, 11) is 1.82. The summed E-state index contributed by atoms with van der Waals surface area (Å²) in [6.45, 7) is 7.61. The molecule has 0 bridgehead atoms. The minimum atomic E-state index is 0.541. The van der Waals surface area contributed by atoms with Crippen LogP contribution in [0.15, 0.2) is 30.3 Å². The smallest absolute Gasteiger partial charge is 0.0618 e. The molecule has 1 aromatic carbocycles. The lowest BCUT2D eigenvalue weighted by Crippen LogP contribution is -2.59. The van der Waals surface area contributed by atoms with Crippen LogP contribution in [0.2, 0.25) is 0 Å². The molecule has 1 N–H and O–H groups in total. The van der Waals surface area contributed by atoms with Crippen LogP contribution < -0.4 is 5.32 Å². The molecule has 3 atom stereocenters. The lowest BCUT2D eigenvalue weighted by atomic mass is 9.99. The molecular formula is C18H30N2O. The van der Waals surface area contributed by atoms with Gasteiger partial charge in [-0.15, -0.1) is 0 Å². The fraction of sp³-hybridized carbons (Fsp3) is 0.667. The van der Waals surface area contributed by atoms with Gasteiger partial charge in [0.25, 0.3) is 0 Å². The van der Waals surface area contributed by atoms with E-state index < -0.39 is 0 Å². The summed E-state index contributed by atoms with van der Waals surface area (Å²) in [5, 5.41) is 3.70. The van der Waals surface area contributed by atoms with E-state index in [1.54, 1.807) is 0 Å². The second-order valence-electron chi connectivity index (χ2n) is 6.24. The fourth-order valence-corrected chi connectivity index (χ4v) is 3.37. The van der Waals surface area contributed by atoms with Gasteiger partial charge in [-0.05, 0) is 25.3 Å². The maximum Gasteiger partial charge on any atom is 0.0618 e. The zero-order valence-corrected chi connectivity index (χ0v) is 13.7. The van der Waals surface area contributed by atoms with Crippen LogP contribution in [0.4, 0.5) is 0 Å². The van der Waals surface area contributed by atoms with Gasteiger partial charge in [-0.1, -0.05) is 43.7 Å². The van der Waals surface area contributed by atoms with Gasteiger partial charge in [0.2, 0.25) is 0 Å². The number of ether oxygens (including phenoxy) is 1. The Labute approximate surface area is 129 Å². The summed E-state index contributed by atoms with van der Waals surface area (Å²) in [4.78, 5) is 2.65. The Hall–Kier alpha value is -0.900. The monoisotopic (exact) mass is 290 g/mol. The molecule has 3 unspecified atom stereocenters. The number of methoxy groups -OCH3 is 1. The Bertz CT molecular complexity index is 389. The van der Waals surface area contributed by atoms with Gasteiger partial charge in [0, 0.05) is 38.3 Å². The van der Waals surface area contributed by atoms with Gasteiger partial charge in [-0.2, -0.15) is 0 Å². The predicted molar refractivity (Wildman–Crippen MR) is 88.7 cm³/mol. The summed E-state index contributed by atoms with van der Waals surface area (Å²) >= 11 is 0. The molecule has 1 aliphatic heterocycles. The number of nitrogens with zero attached hydrogens (tertiary/aromatic N) is 1. The van der Waals surface area contributed by atoms with Crippen LogP contribution in [0.1, 0.15) is 32.3 Å². The molecule has 3 nitrogen and oxygen atoms in total. The topological polar surface area (TPSA) is 24.5 Å². The number of rotatable bonds is 7. The van der Waals surface area contributed by atoms with Crippen molar-refractivity contribution in [3.05, 3.63) is 35.9 Å². The lowest BCUT2D eigenvalue weighted by molar-refractivity contribution is 0.0348. The van der Waals surface area contributed by atoms with E-state index in [0.717, 1.165) is 26.1 Å². The first-order valence-corrected chi connectivity index (χ1v) is 8.26. The molecule has 118 valence electrons. The zero-order chi connectivity index (χ0) is 15.1.